The molecule has 0 saturated heterocycles. The first-order valence-electron chi connectivity index (χ1n) is 6.80. The Morgan fingerprint density at radius 2 is 1.77 bits per heavy atom. The van der Waals surface area contributed by atoms with E-state index in [0.29, 0.717) is 16.3 Å². The highest BCUT2D eigenvalue weighted by molar-refractivity contribution is 9.10. The Balaban J connectivity index is 1.89. The standard InChI is InChI=1S/C17H15BrClNO2/c1-11-2-7-15(14(18)10-11)20-17(22)9-8-16(21)12-3-5-13(19)6-4-12/h2-7,10H,8-9H2,1H3,(H,20,22). The van der Waals surface area contributed by atoms with Crippen LogP contribution in [0.15, 0.2) is 46.9 Å². The van der Waals surface area contributed by atoms with Gasteiger partial charge in [0.1, 0.15) is 0 Å². The number of amides is 1. The van der Waals surface area contributed by atoms with Gasteiger partial charge in [-0.1, -0.05) is 17.7 Å². The summed E-state index contributed by atoms with van der Waals surface area (Å²) in [5.74, 6) is -0.262. The number of hydrogen-bond donors (Lipinski definition) is 1. The molecule has 0 saturated carbocycles. The van der Waals surface area contributed by atoms with Crippen molar-refractivity contribution in [2.24, 2.45) is 0 Å². The Labute approximate surface area is 142 Å². The zero-order chi connectivity index (χ0) is 16.1. The Kier molecular flexibility index (Phi) is 5.75. The fraction of sp³-hybridized carbons (Fsp3) is 0.176. The molecular formula is C17H15BrClNO2. The van der Waals surface area contributed by atoms with E-state index in [0.717, 1.165) is 10.0 Å². The quantitative estimate of drug-likeness (QED) is 0.741. The van der Waals surface area contributed by atoms with Crippen LogP contribution in [0.1, 0.15) is 28.8 Å². The van der Waals surface area contributed by atoms with Crippen molar-refractivity contribution in [2.45, 2.75) is 19.8 Å². The zero-order valence-corrected chi connectivity index (χ0v) is 14.4. The van der Waals surface area contributed by atoms with Crippen LogP contribution in [0, 0.1) is 6.92 Å². The lowest BCUT2D eigenvalue weighted by Crippen LogP contribution is -2.13. The molecule has 0 unspecified atom stereocenters. The number of hydrogen-bond acceptors (Lipinski definition) is 2. The van der Waals surface area contributed by atoms with Crippen molar-refractivity contribution in [3.63, 3.8) is 0 Å². The molecule has 0 atom stereocenters. The van der Waals surface area contributed by atoms with E-state index >= 15 is 0 Å². The number of carbonyl (C=O) groups is 2. The molecule has 22 heavy (non-hydrogen) atoms. The maximum atomic E-state index is 12.0. The van der Waals surface area contributed by atoms with Crippen LogP contribution in [-0.4, -0.2) is 11.7 Å². The van der Waals surface area contributed by atoms with Gasteiger partial charge in [-0.15, -0.1) is 0 Å². The van der Waals surface area contributed by atoms with Crippen LogP contribution < -0.4 is 5.32 Å². The van der Waals surface area contributed by atoms with Gasteiger partial charge in [0.05, 0.1) is 5.69 Å². The fourth-order valence-electron chi connectivity index (χ4n) is 1.94. The summed E-state index contributed by atoms with van der Waals surface area (Å²) in [6.45, 7) is 1.97. The van der Waals surface area contributed by atoms with Gasteiger partial charge in [-0.25, -0.2) is 0 Å². The van der Waals surface area contributed by atoms with E-state index in [-0.39, 0.29) is 24.5 Å². The highest BCUT2D eigenvalue weighted by Crippen LogP contribution is 2.23. The van der Waals surface area contributed by atoms with Crippen molar-refractivity contribution in [1.82, 2.24) is 0 Å². The van der Waals surface area contributed by atoms with E-state index in [1.807, 2.05) is 25.1 Å². The molecule has 3 nitrogen and oxygen atoms in total. The number of benzene rings is 2. The first-order chi connectivity index (χ1) is 10.5. The molecule has 114 valence electrons. The Morgan fingerprint density at radius 3 is 2.41 bits per heavy atom. The Bertz CT molecular complexity index is 698. The number of Topliss-reactive ketones (excluding diaryl/α,β-unsaturated/α-hetero) is 1. The van der Waals surface area contributed by atoms with Gasteiger partial charge >= 0.3 is 0 Å². The monoisotopic (exact) mass is 379 g/mol. The maximum absolute atomic E-state index is 12.0. The molecule has 0 fully saturated rings. The molecule has 1 amide bonds. The summed E-state index contributed by atoms with van der Waals surface area (Å²) in [5, 5.41) is 3.38. The average Bonchev–Trinajstić information content (AvgIpc) is 2.48. The Morgan fingerprint density at radius 1 is 1.09 bits per heavy atom. The van der Waals surface area contributed by atoms with Crippen LogP contribution in [0.4, 0.5) is 5.69 Å². The minimum Gasteiger partial charge on any atom is -0.325 e. The number of halogens is 2. The van der Waals surface area contributed by atoms with E-state index in [1.165, 1.54) is 0 Å². The molecule has 2 aromatic carbocycles. The highest BCUT2D eigenvalue weighted by atomic mass is 79.9. The summed E-state index contributed by atoms with van der Waals surface area (Å²) in [4.78, 5) is 23.9. The third kappa shape index (κ3) is 4.68. The van der Waals surface area contributed by atoms with Crippen molar-refractivity contribution < 1.29 is 9.59 Å². The maximum Gasteiger partial charge on any atom is 0.224 e. The smallest absolute Gasteiger partial charge is 0.224 e. The normalized spacial score (nSPS) is 10.3. The van der Waals surface area contributed by atoms with Gasteiger partial charge < -0.3 is 5.32 Å². The first kappa shape index (κ1) is 16.7. The van der Waals surface area contributed by atoms with E-state index < -0.39 is 0 Å². The van der Waals surface area contributed by atoms with Crippen molar-refractivity contribution in [3.8, 4) is 0 Å². The van der Waals surface area contributed by atoms with E-state index in [1.54, 1.807) is 24.3 Å². The number of anilines is 1. The molecule has 0 radical (unpaired) electrons. The van der Waals surface area contributed by atoms with Crippen LogP contribution in [0.5, 0.6) is 0 Å². The third-order valence-corrected chi connectivity index (χ3v) is 4.05. The van der Waals surface area contributed by atoms with Crippen LogP contribution in [0.25, 0.3) is 0 Å². The van der Waals surface area contributed by atoms with Gasteiger partial charge in [0.15, 0.2) is 5.78 Å². The molecule has 0 aliphatic carbocycles. The molecule has 2 aromatic rings. The van der Waals surface area contributed by atoms with Crippen molar-refractivity contribution in [3.05, 3.63) is 63.1 Å². The largest absolute Gasteiger partial charge is 0.325 e. The number of carbonyl (C=O) groups excluding carboxylic acids is 2. The van der Waals surface area contributed by atoms with Gasteiger partial charge in [-0.05, 0) is 64.8 Å². The molecular weight excluding hydrogens is 366 g/mol. The lowest BCUT2D eigenvalue weighted by atomic mass is 10.1. The molecule has 2 rings (SSSR count). The second kappa shape index (κ2) is 7.56. The van der Waals surface area contributed by atoms with E-state index in [4.69, 9.17) is 11.6 Å². The molecule has 0 bridgehead atoms. The van der Waals surface area contributed by atoms with Crippen molar-refractivity contribution in [1.29, 1.82) is 0 Å². The fourth-order valence-corrected chi connectivity index (χ4v) is 2.66. The lowest BCUT2D eigenvalue weighted by Gasteiger charge is -2.08. The van der Waals surface area contributed by atoms with E-state index in [9.17, 15) is 9.59 Å². The third-order valence-electron chi connectivity index (χ3n) is 3.14. The minimum atomic E-state index is -0.188. The van der Waals surface area contributed by atoms with Crippen LogP contribution in [0.3, 0.4) is 0 Å². The predicted octanol–water partition coefficient (Wildman–Crippen LogP) is 5.01. The molecule has 0 aliphatic heterocycles. The second-order valence-corrected chi connectivity index (χ2v) is 6.25. The zero-order valence-electron chi connectivity index (χ0n) is 12.0. The predicted molar refractivity (Wildman–Crippen MR) is 92.5 cm³/mol. The molecule has 0 spiro atoms. The number of rotatable bonds is 5. The average molecular weight is 381 g/mol. The summed E-state index contributed by atoms with van der Waals surface area (Å²) in [6, 6.07) is 12.3. The lowest BCUT2D eigenvalue weighted by molar-refractivity contribution is -0.116. The molecule has 5 heteroatoms. The second-order valence-electron chi connectivity index (χ2n) is 4.96. The van der Waals surface area contributed by atoms with Crippen LogP contribution in [-0.2, 0) is 4.79 Å². The number of nitrogens with one attached hydrogen (secondary N) is 1. The van der Waals surface area contributed by atoms with Gasteiger partial charge in [-0.2, -0.15) is 0 Å². The molecule has 0 aromatic heterocycles. The van der Waals surface area contributed by atoms with Crippen molar-refractivity contribution >= 4 is 44.9 Å². The minimum absolute atomic E-state index is 0.0743. The SMILES string of the molecule is Cc1ccc(NC(=O)CCC(=O)c2ccc(Cl)cc2)c(Br)c1. The van der Waals surface area contributed by atoms with E-state index in [2.05, 4.69) is 21.2 Å². The van der Waals surface area contributed by atoms with Crippen LogP contribution >= 0.6 is 27.5 Å². The van der Waals surface area contributed by atoms with Gasteiger partial charge in [0, 0.05) is 27.9 Å². The van der Waals surface area contributed by atoms with Gasteiger partial charge in [0.2, 0.25) is 5.91 Å². The summed E-state index contributed by atoms with van der Waals surface area (Å²) in [7, 11) is 0. The topological polar surface area (TPSA) is 46.2 Å². The summed E-state index contributed by atoms with van der Waals surface area (Å²) in [5.41, 5.74) is 2.37. The first-order valence-corrected chi connectivity index (χ1v) is 7.97. The summed E-state index contributed by atoms with van der Waals surface area (Å²) in [6.07, 6.45) is 0.304. The van der Waals surface area contributed by atoms with Crippen molar-refractivity contribution in [2.75, 3.05) is 5.32 Å². The highest BCUT2D eigenvalue weighted by Gasteiger charge is 2.10. The Hall–Kier alpha value is -1.65. The number of ketones is 1. The molecule has 1 N–H and O–H groups in total. The van der Waals surface area contributed by atoms with Crippen LogP contribution in [0.2, 0.25) is 5.02 Å². The molecule has 0 heterocycles. The summed E-state index contributed by atoms with van der Waals surface area (Å²) < 4.78 is 0.824. The molecule has 0 aliphatic rings. The number of aryl methyl sites for hydroxylation is 1. The van der Waals surface area contributed by atoms with Gasteiger partial charge in [0.25, 0.3) is 0 Å². The summed E-state index contributed by atoms with van der Waals surface area (Å²) >= 11 is 9.19. The van der Waals surface area contributed by atoms with Gasteiger partial charge in [-0.3, -0.25) is 9.59 Å².